The summed E-state index contributed by atoms with van der Waals surface area (Å²) in [4.78, 5) is 24.6. The van der Waals surface area contributed by atoms with E-state index in [1.807, 2.05) is 18.2 Å². The molecule has 0 spiro atoms. The molecule has 1 atom stereocenters. The molecule has 1 aromatic heterocycles. The number of benzene rings is 1. The number of amides is 3. The Morgan fingerprint density at radius 3 is 2.54 bits per heavy atom. The van der Waals surface area contributed by atoms with E-state index in [0.717, 1.165) is 12.0 Å². The first-order valence-electron chi connectivity index (χ1n) is 7.93. The monoisotopic (exact) mass is 345 g/mol. The average Bonchev–Trinajstić information content (AvgIpc) is 3.07. The van der Waals surface area contributed by atoms with Crippen LogP contribution in [0.2, 0.25) is 0 Å². The first-order chi connectivity index (χ1) is 11.6. The van der Waals surface area contributed by atoms with Crippen molar-refractivity contribution in [1.29, 1.82) is 0 Å². The number of hydrogen-bond acceptors (Lipinski definition) is 3. The summed E-state index contributed by atoms with van der Waals surface area (Å²) in [5, 5.41) is 10.3. The zero-order valence-corrected chi connectivity index (χ0v) is 14.8. The van der Waals surface area contributed by atoms with Crippen LogP contribution in [0.1, 0.15) is 17.4 Å². The second kappa shape index (κ2) is 9.08. The number of urea groups is 1. The Balaban J connectivity index is 1.74. The number of thiophene rings is 1. The summed E-state index contributed by atoms with van der Waals surface area (Å²) in [6, 6.07) is 11.2. The van der Waals surface area contributed by atoms with Gasteiger partial charge in [0.15, 0.2) is 0 Å². The van der Waals surface area contributed by atoms with Gasteiger partial charge in [0.05, 0.1) is 6.42 Å². The fraction of sp³-hybridized carbons (Fsp3) is 0.333. The summed E-state index contributed by atoms with van der Waals surface area (Å²) in [7, 11) is 1.61. The SMILES string of the molecule is CNC(=O)Cc1ccc(NC(=O)NC[C@H](C)Cc2cccs2)cc1. The smallest absolute Gasteiger partial charge is 0.319 e. The van der Waals surface area contributed by atoms with Gasteiger partial charge in [-0.1, -0.05) is 25.1 Å². The van der Waals surface area contributed by atoms with Crippen LogP contribution in [-0.2, 0) is 17.6 Å². The largest absolute Gasteiger partial charge is 0.359 e. The lowest BCUT2D eigenvalue weighted by Gasteiger charge is -2.13. The van der Waals surface area contributed by atoms with Crippen LogP contribution in [0.5, 0.6) is 0 Å². The molecule has 2 rings (SSSR count). The van der Waals surface area contributed by atoms with Crippen molar-refractivity contribution in [2.75, 3.05) is 18.9 Å². The van der Waals surface area contributed by atoms with E-state index in [2.05, 4.69) is 34.3 Å². The standard InChI is InChI=1S/C18H23N3O2S/c1-13(10-16-4-3-9-24-16)12-20-18(23)21-15-7-5-14(6-8-15)11-17(22)19-2/h3-9,13H,10-12H2,1-2H3,(H,19,22)(H2,20,21,23)/t13-/m1/s1. The van der Waals surface area contributed by atoms with Crippen molar-refractivity contribution >= 4 is 29.0 Å². The fourth-order valence-electron chi connectivity index (χ4n) is 2.27. The lowest BCUT2D eigenvalue weighted by Crippen LogP contribution is -2.32. The second-order valence-electron chi connectivity index (χ2n) is 5.77. The minimum atomic E-state index is -0.216. The molecule has 0 saturated heterocycles. The van der Waals surface area contributed by atoms with Crippen LogP contribution in [0.4, 0.5) is 10.5 Å². The molecule has 0 aliphatic carbocycles. The molecule has 0 unspecified atom stereocenters. The first kappa shape index (κ1) is 18.0. The predicted octanol–water partition coefficient (Wildman–Crippen LogP) is 3.04. The molecular formula is C18H23N3O2S. The Labute approximate surface area is 146 Å². The lowest BCUT2D eigenvalue weighted by atomic mass is 10.1. The maximum Gasteiger partial charge on any atom is 0.319 e. The normalized spacial score (nSPS) is 11.6. The van der Waals surface area contributed by atoms with Crippen molar-refractivity contribution in [1.82, 2.24) is 10.6 Å². The van der Waals surface area contributed by atoms with Gasteiger partial charge in [0, 0.05) is 24.2 Å². The number of likely N-dealkylation sites (N-methyl/N-ethyl adjacent to an activating group) is 1. The van der Waals surface area contributed by atoms with Crippen LogP contribution in [-0.4, -0.2) is 25.5 Å². The topological polar surface area (TPSA) is 70.2 Å². The highest BCUT2D eigenvalue weighted by molar-refractivity contribution is 7.09. The first-order valence-corrected chi connectivity index (χ1v) is 8.81. The van der Waals surface area contributed by atoms with E-state index in [1.54, 1.807) is 30.5 Å². The lowest BCUT2D eigenvalue weighted by molar-refractivity contribution is -0.119. The number of carbonyl (C=O) groups is 2. The Bertz CT molecular complexity index is 653. The van der Waals surface area contributed by atoms with Crippen LogP contribution < -0.4 is 16.0 Å². The van der Waals surface area contributed by atoms with Gasteiger partial charge in [-0.2, -0.15) is 0 Å². The summed E-state index contributed by atoms with van der Waals surface area (Å²) >= 11 is 1.74. The fourth-order valence-corrected chi connectivity index (χ4v) is 3.14. The van der Waals surface area contributed by atoms with Crippen LogP contribution >= 0.6 is 11.3 Å². The van der Waals surface area contributed by atoms with Gasteiger partial charge in [-0.05, 0) is 41.5 Å². The predicted molar refractivity (Wildman–Crippen MR) is 98.4 cm³/mol. The molecule has 2 aromatic rings. The second-order valence-corrected chi connectivity index (χ2v) is 6.80. The van der Waals surface area contributed by atoms with Gasteiger partial charge in [0.25, 0.3) is 0 Å². The van der Waals surface area contributed by atoms with Gasteiger partial charge in [-0.3, -0.25) is 4.79 Å². The van der Waals surface area contributed by atoms with Crippen LogP contribution in [0.3, 0.4) is 0 Å². The number of hydrogen-bond donors (Lipinski definition) is 3. The van der Waals surface area contributed by atoms with Crippen molar-refractivity contribution in [3.05, 3.63) is 52.2 Å². The number of carbonyl (C=O) groups excluding carboxylic acids is 2. The van der Waals surface area contributed by atoms with E-state index in [-0.39, 0.29) is 11.9 Å². The third-order valence-electron chi connectivity index (χ3n) is 3.60. The molecule has 3 amide bonds. The highest BCUT2D eigenvalue weighted by Crippen LogP contribution is 2.14. The molecular weight excluding hydrogens is 322 g/mol. The van der Waals surface area contributed by atoms with E-state index in [9.17, 15) is 9.59 Å². The van der Waals surface area contributed by atoms with Gasteiger partial charge in [0.2, 0.25) is 5.91 Å². The van der Waals surface area contributed by atoms with Gasteiger partial charge >= 0.3 is 6.03 Å². The zero-order chi connectivity index (χ0) is 17.4. The van der Waals surface area contributed by atoms with Crippen LogP contribution in [0.25, 0.3) is 0 Å². The molecule has 0 radical (unpaired) electrons. The molecule has 5 nitrogen and oxygen atoms in total. The van der Waals surface area contributed by atoms with Crippen molar-refractivity contribution in [3.63, 3.8) is 0 Å². The summed E-state index contributed by atoms with van der Waals surface area (Å²) < 4.78 is 0. The Morgan fingerprint density at radius 1 is 1.17 bits per heavy atom. The molecule has 0 aliphatic rings. The maximum absolute atomic E-state index is 11.9. The van der Waals surface area contributed by atoms with E-state index in [1.165, 1.54) is 4.88 Å². The van der Waals surface area contributed by atoms with E-state index >= 15 is 0 Å². The van der Waals surface area contributed by atoms with Crippen molar-refractivity contribution in [2.24, 2.45) is 5.92 Å². The summed E-state index contributed by atoms with van der Waals surface area (Å²) in [6.07, 6.45) is 1.30. The molecule has 3 N–H and O–H groups in total. The molecule has 0 fully saturated rings. The van der Waals surface area contributed by atoms with E-state index in [0.29, 0.717) is 24.6 Å². The quantitative estimate of drug-likeness (QED) is 0.722. The Morgan fingerprint density at radius 2 is 1.92 bits per heavy atom. The van der Waals surface area contributed by atoms with Gasteiger partial charge in [0.1, 0.15) is 0 Å². The van der Waals surface area contributed by atoms with Gasteiger partial charge in [-0.15, -0.1) is 11.3 Å². The Kier molecular flexibility index (Phi) is 6.81. The molecule has 0 saturated carbocycles. The van der Waals surface area contributed by atoms with Crippen molar-refractivity contribution in [2.45, 2.75) is 19.8 Å². The summed E-state index contributed by atoms with van der Waals surface area (Å²) in [5.41, 5.74) is 1.61. The van der Waals surface area contributed by atoms with Gasteiger partial charge < -0.3 is 16.0 Å². The third-order valence-corrected chi connectivity index (χ3v) is 4.49. The molecule has 24 heavy (non-hydrogen) atoms. The maximum atomic E-state index is 11.9. The van der Waals surface area contributed by atoms with Gasteiger partial charge in [-0.25, -0.2) is 4.79 Å². The average molecular weight is 345 g/mol. The van der Waals surface area contributed by atoms with Crippen molar-refractivity contribution in [3.8, 4) is 0 Å². The zero-order valence-electron chi connectivity index (χ0n) is 14.0. The minimum absolute atomic E-state index is 0.0341. The number of rotatable bonds is 7. The molecule has 6 heteroatoms. The number of anilines is 1. The van der Waals surface area contributed by atoms with Crippen molar-refractivity contribution < 1.29 is 9.59 Å². The summed E-state index contributed by atoms with van der Waals surface area (Å²) in [5.74, 6) is 0.345. The highest BCUT2D eigenvalue weighted by Gasteiger charge is 2.08. The third kappa shape index (κ3) is 6.04. The molecule has 0 bridgehead atoms. The molecule has 1 heterocycles. The Hall–Kier alpha value is -2.34. The number of nitrogens with one attached hydrogen (secondary N) is 3. The van der Waals surface area contributed by atoms with E-state index in [4.69, 9.17) is 0 Å². The highest BCUT2D eigenvalue weighted by atomic mass is 32.1. The molecule has 128 valence electrons. The molecule has 1 aromatic carbocycles. The van der Waals surface area contributed by atoms with Crippen LogP contribution in [0, 0.1) is 5.92 Å². The van der Waals surface area contributed by atoms with E-state index < -0.39 is 0 Å². The molecule has 0 aliphatic heterocycles. The minimum Gasteiger partial charge on any atom is -0.359 e. The van der Waals surface area contributed by atoms with Crippen LogP contribution in [0.15, 0.2) is 41.8 Å². The summed E-state index contributed by atoms with van der Waals surface area (Å²) in [6.45, 7) is 2.74.